The van der Waals surface area contributed by atoms with Crippen LogP contribution in [0.1, 0.15) is 24.5 Å². The van der Waals surface area contributed by atoms with E-state index in [-0.39, 0.29) is 0 Å². The number of hydrogen-bond acceptors (Lipinski definition) is 2. The van der Waals surface area contributed by atoms with Crippen LogP contribution in [0.3, 0.4) is 0 Å². The van der Waals surface area contributed by atoms with E-state index in [1.165, 1.54) is 27.8 Å². The standard InChI is InChI=1S/C14H16IN3/c15-12-4-1-5-13(7-12)18-10-17-9-14(18)11-3-2-6-16-8-11/h1,4-5,7,9-11,16H,2-3,6,8H2. The lowest BCUT2D eigenvalue weighted by Gasteiger charge is -2.23. The second kappa shape index (κ2) is 5.40. The van der Waals surface area contributed by atoms with E-state index in [0.29, 0.717) is 5.92 Å². The van der Waals surface area contributed by atoms with Crippen molar-refractivity contribution in [3.05, 3.63) is 46.1 Å². The molecule has 2 heterocycles. The first-order chi connectivity index (χ1) is 8.84. The Balaban J connectivity index is 1.95. The van der Waals surface area contributed by atoms with Gasteiger partial charge in [-0.2, -0.15) is 0 Å². The Morgan fingerprint density at radius 1 is 1.39 bits per heavy atom. The van der Waals surface area contributed by atoms with Crippen LogP contribution in [0.5, 0.6) is 0 Å². The molecule has 0 saturated carbocycles. The van der Waals surface area contributed by atoms with Crippen LogP contribution in [0.25, 0.3) is 5.69 Å². The van der Waals surface area contributed by atoms with E-state index in [0.717, 1.165) is 13.1 Å². The summed E-state index contributed by atoms with van der Waals surface area (Å²) in [6, 6.07) is 8.55. The number of piperidine rings is 1. The van der Waals surface area contributed by atoms with Crippen molar-refractivity contribution in [3.8, 4) is 5.69 Å². The molecule has 1 aliphatic heterocycles. The fourth-order valence-electron chi connectivity index (χ4n) is 2.55. The van der Waals surface area contributed by atoms with Gasteiger partial charge >= 0.3 is 0 Å². The molecule has 3 rings (SSSR count). The van der Waals surface area contributed by atoms with E-state index >= 15 is 0 Å². The molecule has 1 N–H and O–H groups in total. The molecule has 1 unspecified atom stereocenters. The van der Waals surface area contributed by atoms with Crippen LogP contribution in [-0.4, -0.2) is 22.6 Å². The molecule has 1 saturated heterocycles. The van der Waals surface area contributed by atoms with E-state index in [4.69, 9.17) is 0 Å². The van der Waals surface area contributed by atoms with Gasteiger partial charge in [0.25, 0.3) is 0 Å². The maximum atomic E-state index is 4.34. The Morgan fingerprint density at radius 2 is 2.33 bits per heavy atom. The highest BCUT2D eigenvalue weighted by Crippen LogP contribution is 2.25. The van der Waals surface area contributed by atoms with Gasteiger partial charge in [0, 0.05) is 33.6 Å². The molecular formula is C14H16IN3. The fourth-order valence-corrected chi connectivity index (χ4v) is 3.08. The highest BCUT2D eigenvalue weighted by molar-refractivity contribution is 14.1. The molecular weight excluding hydrogens is 337 g/mol. The van der Waals surface area contributed by atoms with Gasteiger partial charge in [-0.1, -0.05) is 6.07 Å². The summed E-state index contributed by atoms with van der Waals surface area (Å²) in [5, 5.41) is 3.47. The fraction of sp³-hybridized carbons (Fsp3) is 0.357. The molecule has 3 nitrogen and oxygen atoms in total. The highest BCUT2D eigenvalue weighted by Gasteiger charge is 2.19. The molecule has 2 aromatic rings. The summed E-state index contributed by atoms with van der Waals surface area (Å²) in [4.78, 5) is 4.34. The first-order valence-corrected chi connectivity index (χ1v) is 7.41. The van der Waals surface area contributed by atoms with Crippen molar-refractivity contribution in [1.29, 1.82) is 0 Å². The number of imidazole rings is 1. The van der Waals surface area contributed by atoms with Crippen LogP contribution in [0, 0.1) is 3.57 Å². The topological polar surface area (TPSA) is 29.9 Å². The lowest BCUT2D eigenvalue weighted by atomic mass is 9.96. The van der Waals surface area contributed by atoms with Crippen LogP contribution in [0.4, 0.5) is 0 Å². The van der Waals surface area contributed by atoms with Crippen LogP contribution < -0.4 is 5.32 Å². The van der Waals surface area contributed by atoms with Gasteiger partial charge in [-0.25, -0.2) is 4.98 Å². The molecule has 94 valence electrons. The number of nitrogens with one attached hydrogen (secondary N) is 1. The van der Waals surface area contributed by atoms with Crippen molar-refractivity contribution in [3.63, 3.8) is 0 Å². The van der Waals surface area contributed by atoms with Crippen LogP contribution in [0.15, 0.2) is 36.8 Å². The average molecular weight is 353 g/mol. The molecule has 1 aromatic heterocycles. The molecule has 0 amide bonds. The third kappa shape index (κ3) is 2.44. The van der Waals surface area contributed by atoms with Crippen LogP contribution in [0.2, 0.25) is 0 Å². The molecule has 1 aliphatic rings. The zero-order chi connectivity index (χ0) is 12.4. The minimum Gasteiger partial charge on any atom is -0.316 e. The Morgan fingerprint density at radius 3 is 3.11 bits per heavy atom. The Hall–Kier alpha value is -0.880. The molecule has 18 heavy (non-hydrogen) atoms. The Kier molecular flexibility index (Phi) is 3.65. The van der Waals surface area contributed by atoms with Gasteiger partial charge in [-0.3, -0.25) is 0 Å². The smallest absolute Gasteiger partial charge is 0.0994 e. The molecule has 0 spiro atoms. The summed E-state index contributed by atoms with van der Waals surface area (Å²) < 4.78 is 3.48. The van der Waals surface area contributed by atoms with Crippen molar-refractivity contribution in [2.24, 2.45) is 0 Å². The second-order valence-corrected chi connectivity index (χ2v) is 5.96. The summed E-state index contributed by atoms with van der Waals surface area (Å²) in [6.45, 7) is 2.21. The van der Waals surface area contributed by atoms with E-state index < -0.39 is 0 Å². The zero-order valence-electron chi connectivity index (χ0n) is 10.1. The molecule has 0 aliphatic carbocycles. The third-order valence-electron chi connectivity index (χ3n) is 3.47. The van der Waals surface area contributed by atoms with Crippen molar-refractivity contribution >= 4 is 22.6 Å². The summed E-state index contributed by atoms with van der Waals surface area (Å²) in [5.74, 6) is 0.583. The van der Waals surface area contributed by atoms with Gasteiger partial charge in [0.05, 0.1) is 6.33 Å². The summed E-state index contributed by atoms with van der Waals surface area (Å²) >= 11 is 2.35. The number of rotatable bonds is 2. The molecule has 0 radical (unpaired) electrons. The van der Waals surface area contributed by atoms with Crippen molar-refractivity contribution in [2.45, 2.75) is 18.8 Å². The minimum absolute atomic E-state index is 0.583. The number of benzene rings is 1. The first-order valence-electron chi connectivity index (χ1n) is 6.33. The van der Waals surface area contributed by atoms with E-state index in [2.05, 4.69) is 61.7 Å². The van der Waals surface area contributed by atoms with Gasteiger partial charge in [0.15, 0.2) is 0 Å². The summed E-state index contributed by atoms with van der Waals surface area (Å²) in [5.41, 5.74) is 2.53. The minimum atomic E-state index is 0.583. The van der Waals surface area contributed by atoms with Gasteiger partial charge in [-0.15, -0.1) is 0 Å². The predicted octanol–water partition coefficient (Wildman–Crippen LogP) is 2.94. The quantitative estimate of drug-likeness (QED) is 0.842. The van der Waals surface area contributed by atoms with Gasteiger partial charge in [-0.05, 0) is 60.2 Å². The zero-order valence-corrected chi connectivity index (χ0v) is 12.3. The number of hydrogen-bond donors (Lipinski definition) is 1. The number of halogens is 1. The van der Waals surface area contributed by atoms with Crippen molar-refractivity contribution < 1.29 is 0 Å². The first kappa shape index (κ1) is 12.2. The molecule has 1 fully saturated rings. The van der Waals surface area contributed by atoms with Gasteiger partial charge < -0.3 is 9.88 Å². The molecule has 0 bridgehead atoms. The van der Waals surface area contributed by atoms with Crippen LogP contribution in [-0.2, 0) is 0 Å². The monoisotopic (exact) mass is 353 g/mol. The normalized spacial score (nSPS) is 19.9. The Labute approximate surface area is 121 Å². The lowest BCUT2D eigenvalue weighted by Crippen LogP contribution is -2.29. The maximum absolute atomic E-state index is 4.34. The summed E-state index contributed by atoms with van der Waals surface area (Å²) in [7, 11) is 0. The van der Waals surface area contributed by atoms with Crippen LogP contribution >= 0.6 is 22.6 Å². The predicted molar refractivity (Wildman–Crippen MR) is 81.1 cm³/mol. The highest BCUT2D eigenvalue weighted by atomic mass is 127. The lowest BCUT2D eigenvalue weighted by molar-refractivity contribution is 0.451. The van der Waals surface area contributed by atoms with E-state index in [1.807, 2.05) is 12.5 Å². The number of aromatic nitrogens is 2. The molecule has 1 aromatic carbocycles. The van der Waals surface area contributed by atoms with Gasteiger partial charge in [0.2, 0.25) is 0 Å². The third-order valence-corrected chi connectivity index (χ3v) is 4.14. The van der Waals surface area contributed by atoms with Gasteiger partial charge in [0.1, 0.15) is 0 Å². The largest absolute Gasteiger partial charge is 0.316 e. The molecule has 4 heteroatoms. The summed E-state index contributed by atoms with van der Waals surface area (Å²) in [6.07, 6.45) is 6.44. The number of nitrogens with zero attached hydrogens (tertiary/aromatic N) is 2. The average Bonchev–Trinajstić information content (AvgIpc) is 2.89. The SMILES string of the molecule is Ic1cccc(-n2cncc2C2CCCNC2)c1. The van der Waals surface area contributed by atoms with E-state index in [1.54, 1.807) is 0 Å². The Bertz CT molecular complexity index is 529. The second-order valence-electron chi connectivity index (χ2n) is 4.71. The van der Waals surface area contributed by atoms with Crippen molar-refractivity contribution in [1.82, 2.24) is 14.9 Å². The maximum Gasteiger partial charge on any atom is 0.0994 e. The molecule has 1 atom stereocenters. The van der Waals surface area contributed by atoms with E-state index in [9.17, 15) is 0 Å². The van der Waals surface area contributed by atoms with Crippen molar-refractivity contribution in [2.75, 3.05) is 13.1 Å².